The molecule has 0 amide bonds. The summed E-state index contributed by atoms with van der Waals surface area (Å²) in [5.74, 6) is 1.67. The van der Waals surface area contributed by atoms with E-state index in [-0.39, 0.29) is 6.42 Å². The smallest absolute Gasteiger partial charge is 0.318 e. The summed E-state index contributed by atoms with van der Waals surface area (Å²) in [5.41, 5.74) is 0. The number of rotatable bonds is 2. The Morgan fingerprint density at radius 1 is 1.82 bits per heavy atom. The molecule has 1 aromatic rings. The fourth-order valence-corrected chi connectivity index (χ4v) is 0.529. The highest BCUT2D eigenvalue weighted by Gasteiger charge is 2.00. The zero-order valence-corrected chi connectivity index (χ0v) is 5.73. The molecule has 0 aliphatic carbocycles. The molecule has 56 valence electrons. The molecule has 0 saturated heterocycles. The lowest BCUT2D eigenvalue weighted by atomic mass is 10.5. The van der Waals surface area contributed by atoms with Gasteiger partial charge in [-0.15, -0.1) is 11.5 Å². The maximum absolute atomic E-state index is 10.7. The highest BCUT2D eigenvalue weighted by molar-refractivity contribution is 5.72. The zero-order valence-electron chi connectivity index (χ0n) is 5.73. The minimum absolute atomic E-state index is 0.0418. The quantitative estimate of drug-likeness (QED) is 0.551. The average Bonchev–Trinajstić information content (AvgIpc) is 2.40. The predicted molar refractivity (Wildman–Crippen MR) is 37.3 cm³/mol. The van der Waals surface area contributed by atoms with Crippen LogP contribution in [-0.2, 0) is 4.79 Å². The van der Waals surface area contributed by atoms with Gasteiger partial charge in [0.1, 0.15) is 6.42 Å². The van der Waals surface area contributed by atoms with Crippen molar-refractivity contribution in [1.82, 2.24) is 9.94 Å². The molecular weight excluding hydrogens is 144 g/mol. The maximum Gasteiger partial charge on any atom is 0.346 e. The summed E-state index contributed by atoms with van der Waals surface area (Å²) in [6.45, 7) is 0. The molecule has 11 heavy (non-hydrogen) atoms. The van der Waals surface area contributed by atoms with Crippen LogP contribution in [0.4, 0.5) is 0 Å². The van der Waals surface area contributed by atoms with Crippen LogP contribution >= 0.6 is 0 Å². The van der Waals surface area contributed by atoms with Crippen molar-refractivity contribution in [1.29, 1.82) is 0 Å². The van der Waals surface area contributed by atoms with E-state index in [1.165, 1.54) is 12.4 Å². The van der Waals surface area contributed by atoms with Gasteiger partial charge < -0.3 is 4.84 Å². The monoisotopic (exact) mass is 150 g/mol. The Morgan fingerprint density at radius 3 is 3.18 bits per heavy atom. The molecule has 0 unspecified atom stereocenters. The van der Waals surface area contributed by atoms with Gasteiger partial charge in [0.25, 0.3) is 0 Å². The number of hydrogen-bond donors (Lipinski definition) is 0. The molecule has 0 N–H and O–H groups in total. The molecule has 0 saturated carbocycles. The van der Waals surface area contributed by atoms with Gasteiger partial charge in [0.05, 0.1) is 12.4 Å². The van der Waals surface area contributed by atoms with Crippen LogP contribution < -0.4 is 4.84 Å². The van der Waals surface area contributed by atoms with Crippen LogP contribution in [0.3, 0.4) is 0 Å². The first kappa shape index (κ1) is 7.35. The van der Waals surface area contributed by atoms with Gasteiger partial charge in [-0.3, -0.25) is 0 Å². The van der Waals surface area contributed by atoms with Crippen LogP contribution in [0.1, 0.15) is 6.42 Å². The second kappa shape index (κ2) is 3.42. The Labute approximate surface area is 63.7 Å². The van der Waals surface area contributed by atoms with Gasteiger partial charge in [-0.25, -0.2) is 4.79 Å². The van der Waals surface area contributed by atoms with Gasteiger partial charge in [-0.2, -0.15) is 0 Å². The summed E-state index contributed by atoms with van der Waals surface area (Å²) in [5, 5.41) is 3.64. The average molecular weight is 150 g/mol. The molecule has 4 nitrogen and oxygen atoms in total. The predicted octanol–water partition coefficient (Wildman–Crippen LogP) is -0.138. The first-order valence-electron chi connectivity index (χ1n) is 2.97. The number of aromatic nitrogens is 2. The van der Waals surface area contributed by atoms with Gasteiger partial charge in [0.2, 0.25) is 0 Å². The molecule has 0 radical (unpaired) electrons. The molecule has 1 aromatic heterocycles. The maximum atomic E-state index is 10.7. The molecule has 4 heteroatoms. The minimum atomic E-state index is -0.490. The van der Waals surface area contributed by atoms with E-state index in [9.17, 15) is 4.79 Å². The van der Waals surface area contributed by atoms with E-state index in [0.29, 0.717) is 0 Å². The summed E-state index contributed by atoms with van der Waals surface area (Å²) in [6, 6.07) is 1.64. The Morgan fingerprint density at radius 2 is 2.64 bits per heavy atom. The lowest BCUT2D eigenvalue weighted by Gasteiger charge is -1.97. The van der Waals surface area contributed by atoms with Crippen LogP contribution in [0, 0.1) is 12.3 Å². The lowest BCUT2D eigenvalue weighted by Crippen LogP contribution is -2.19. The third-order valence-corrected chi connectivity index (χ3v) is 0.922. The third-order valence-electron chi connectivity index (χ3n) is 0.922. The van der Waals surface area contributed by atoms with Crippen molar-refractivity contribution in [2.75, 3.05) is 0 Å². The molecule has 0 aliphatic rings. The Kier molecular flexibility index (Phi) is 2.28. The van der Waals surface area contributed by atoms with Crippen molar-refractivity contribution < 1.29 is 9.63 Å². The summed E-state index contributed by atoms with van der Waals surface area (Å²) >= 11 is 0. The third kappa shape index (κ3) is 2.14. The number of hydrogen-bond acceptors (Lipinski definition) is 3. The number of nitrogens with zero attached hydrogens (tertiary/aromatic N) is 2. The molecule has 0 atom stereocenters. The lowest BCUT2D eigenvalue weighted by molar-refractivity contribution is -0.144. The fourth-order valence-electron chi connectivity index (χ4n) is 0.529. The Bertz CT molecular complexity index is 271. The van der Waals surface area contributed by atoms with Crippen LogP contribution in [0.25, 0.3) is 0 Å². The topological polar surface area (TPSA) is 44.1 Å². The summed E-state index contributed by atoms with van der Waals surface area (Å²) in [4.78, 5) is 16.4. The van der Waals surface area contributed by atoms with E-state index >= 15 is 0 Å². The molecule has 1 heterocycles. The first-order valence-corrected chi connectivity index (χ1v) is 2.97. The van der Waals surface area contributed by atoms with E-state index in [1.807, 2.05) is 0 Å². The van der Waals surface area contributed by atoms with E-state index in [1.54, 1.807) is 6.07 Å². The largest absolute Gasteiger partial charge is 0.346 e. The van der Waals surface area contributed by atoms with Crippen molar-refractivity contribution in [3.8, 4) is 12.3 Å². The minimum Gasteiger partial charge on any atom is -0.318 e. The van der Waals surface area contributed by atoms with Crippen molar-refractivity contribution in [2.24, 2.45) is 0 Å². The number of terminal acetylenes is 1. The second-order valence-electron chi connectivity index (χ2n) is 1.75. The first-order chi connectivity index (χ1) is 5.33. The van der Waals surface area contributed by atoms with Gasteiger partial charge in [0.15, 0.2) is 0 Å². The number of carbonyl (C=O) groups is 1. The summed E-state index contributed by atoms with van der Waals surface area (Å²) in [7, 11) is 0. The van der Waals surface area contributed by atoms with Crippen molar-refractivity contribution in [2.45, 2.75) is 6.42 Å². The van der Waals surface area contributed by atoms with E-state index in [2.05, 4.69) is 15.9 Å². The molecule has 0 aliphatic heterocycles. The molecule has 0 bridgehead atoms. The number of carbonyl (C=O) groups excluding carboxylic acids is 1. The molecule has 0 spiro atoms. The molecule has 0 fully saturated rings. The van der Waals surface area contributed by atoms with Crippen LogP contribution in [0.2, 0.25) is 0 Å². The summed E-state index contributed by atoms with van der Waals surface area (Å²) < 4.78 is 0. The van der Waals surface area contributed by atoms with Crippen molar-refractivity contribution in [3.05, 3.63) is 18.5 Å². The molecule has 1 rings (SSSR count). The second-order valence-corrected chi connectivity index (χ2v) is 1.75. The van der Waals surface area contributed by atoms with Crippen molar-refractivity contribution in [3.63, 3.8) is 0 Å². The zero-order chi connectivity index (χ0) is 8.10. The van der Waals surface area contributed by atoms with Gasteiger partial charge >= 0.3 is 5.97 Å². The van der Waals surface area contributed by atoms with E-state index < -0.39 is 5.97 Å². The van der Waals surface area contributed by atoms with Crippen LogP contribution in [-0.4, -0.2) is 15.9 Å². The van der Waals surface area contributed by atoms with Crippen molar-refractivity contribution >= 4 is 5.97 Å². The molecular formula is C7H6N2O2. The van der Waals surface area contributed by atoms with Gasteiger partial charge in [-0.1, -0.05) is 10.8 Å². The Hall–Kier alpha value is -1.76. The highest BCUT2D eigenvalue weighted by atomic mass is 16.7. The molecule has 0 aromatic carbocycles. The highest BCUT2D eigenvalue weighted by Crippen LogP contribution is 1.82. The normalized spacial score (nSPS) is 8.64. The van der Waals surface area contributed by atoms with Crippen LogP contribution in [0.5, 0.6) is 0 Å². The Balaban J connectivity index is 2.45. The van der Waals surface area contributed by atoms with Crippen LogP contribution in [0.15, 0.2) is 18.5 Å². The fraction of sp³-hybridized carbons (Fsp3) is 0.143. The van der Waals surface area contributed by atoms with Gasteiger partial charge in [0, 0.05) is 0 Å². The summed E-state index contributed by atoms with van der Waals surface area (Å²) in [6.07, 6.45) is 7.85. The SMILES string of the molecule is C#CCC(=O)On1cccn1. The standard InChI is InChI=1S/C7H6N2O2/c1-2-4-7(10)11-9-6-3-5-8-9/h1,3,5-6H,4H2. The van der Waals surface area contributed by atoms with E-state index in [4.69, 9.17) is 6.42 Å². The van der Waals surface area contributed by atoms with Gasteiger partial charge in [-0.05, 0) is 6.07 Å². The van der Waals surface area contributed by atoms with E-state index in [0.717, 1.165) is 4.85 Å².